The zero-order valence-corrected chi connectivity index (χ0v) is 18.7. The van der Waals surface area contributed by atoms with Crippen molar-refractivity contribution < 1.29 is 18.0 Å². The summed E-state index contributed by atoms with van der Waals surface area (Å²) >= 11 is 3.44. The van der Waals surface area contributed by atoms with E-state index in [0.717, 1.165) is 16.5 Å². The highest BCUT2D eigenvalue weighted by Crippen LogP contribution is 2.28. The van der Waals surface area contributed by atoms with Crippen LogP contribution in [0.3, 0.4) is 0 Å². The van der Waals surface area contributed by atoms with E-state index in [1.165, 1.54) is 35.5 Å². The van der Waals surface area contributed by atoms with Crippen molar-refractivity contribution in [2.24, 2.45) is 0 Å². The van der Waals surface area contributed by atoms with Crippen molar-refractivity contribution in [3.8, 4) is 0 Å². The highest BCUT2D eigenvalue weighted by Gasteiger charge is 2.37. The van der Waals surface area contributed by atoms with Gasteiger partial charge in [-0.05, 0) is 72.4 Å². The van der Waals surface area contributed by atoms with E-state index in [9.17, 15) is 18.0 Å². The fourth-order valence-electron chi connectivity index (χ4n) is 3.39. The van der Waals surface area contributed by atoms with Gasteiger partial charge in [-0.2, -0.15) is 4.31 Å². The lowest BCUT2D eigenvalue weighted by molar-refractivity contribution is -0.120. The van der Waals surface area contributed by atoms with Gasteiger partial charge < -0.3 is 5.32 Å². The van der Waals surface area contributed by atoms with E-state index in [2.05, 4.69) is 21.2 Å². The average Bonchev–Trinajstić information content (AvgIpc) is 2.70. The van der Waals surface area contributed by atoms with Crippen molar-refractivity contribution in [3.63, 3.8) is 0 Å². The zero-order valence-electron chi connectivity index (χ0n) is 16.3. The van der Waals surface area contributed by atoms with Gasteiger partial charge in [-0.3, -0.25) is 9.59 Å². The predicted octanol–water partition coefficient (Wildman–Crippen LogP) is 4.14. The van der Waals surface area contributed by atoms with Crippen molar-refractivity contribution in [2.45, 2.75) is 44.0 Å². The van der Waals surface area contributed by atoms with Gasteiger partial charge in [0.2, 0.25) is 15.9 Å². The van der Waals surface area contributed by atoms with Gasteiger partial charge in [-0.15, -0.1) is 0 Å². The molecule has 0 spiro atoms. The number of halogens is 1. The number of carbonyl (C=O) groups excluding carboxylic acids is 2. The minimum Gasteiger partial charge on any atom is -0.324 e. The van der Waals surface area contributed by atoms with Crippen LogP contribution in [0.5, 0.6) is 0 Å². The first-order valence-electron chi connectivity index (χ1n) is 9.40. The molecule has 6 nitrogen and oxygen atoms in total. The van der Waals surface area contributed by atoms with Crippen LogP contribution in [0, 0.1) is 6.92 Å². The van der Waals surface area contributed by atoms with Crippen LogP contribution in [0.2, 0.25) is 0 Å². The summed E-state index contributed by atoms with van der Waals surface area (Å²) in [5.74, 6) is -0.481. The number of ketones is 1. The summed E-state index contributed by atoms with van der Waals surface area (Å²) in [6, 6.07) is 10.6. The average molecular weight is 479 g/mol. The molecule has 1 N–H and O–H groups in total. The van der Waals surface area contributed by atoms with E-state index in [0.29, 0.717) is 24.1 Å². The van der Waals surface area contributed by atoms with Crippen LogP contribution in [0.15, 0.2) is 51.8 Å². The standard InChI is InChI=1S/C21H23BrN2O4S/c1-14-6-11-19(18(22)13-14)23-21(26)20-5-3-4-12-24(20)29(27,28)17-9-7-16(8-10-17)15(2)25/h6-11,13,20H,3-5,12H2,1-2H3,(H,23,26). The van der Waals surface area contributed by atoms with Crippen molar-refractivity contribution in [2.75, 3.05) is 11.9 Å². The number of carbonyl (C=O) groups is 2. The molecule has 1 fully saturated rings. The SMILES string of the molecule is CC(=O)c1ccc(S(=O)(=O)N2CCCCC2C(=O)Nc2ccc(C)cc2Br)cc1. The molecule has 0 radical (unpaired) electrons. The predicted molar refractivity (Wildman–Crippen MR) is 115 cm³/mol. The van der Waals surface area contributed by atoms with E-state index in [-0.39, 0.29) is 23.1 Å². The molecular formula is C21H23BrN2O4S. The number of piperidine rings is 1. The summed E-state index contributed by atoms with van der Waals surface area (Å²) in [4.78, 5) is 24.5. The highest BCUT2D eigenvalue weighted by atomic mass is 79.9. The lowest BCUT2D eigenvalue weighted by Crippen LogP contribution is -2.49. The second kappa shape index (κ2) is 8.77. The topological polar surface area (TPSA) is 83.6 Å². The molecule has 1 aliphatic rings. The van der Waals surface area contributed by atoms with Gasteiger partial charge in [0.1, 0.15) is 6.04 Å². The summed E-state index contributed by atoms with van der Waals surface area (Å²) < 4.78 is 28.4. The highest BCUT2D eigenvalue weighted by molar-refractivity contribution is 9.10. The Morgan fingerprint density at radius 1 is 1.10 bits per heavy atom. The number of anilines is 1. The Kier molecular flexibility index (Phi) is 6.55. The Morgan fingerprint density at radius 3 is 2.41 bits per heavy atom. The smallest absolute Gasteiger partial charge is 0.243 e. The molecule has 0 aromatic heterocycles. The molecule has 1 amide bonds. The molecule has 1 heterocycles. The maximum Gasteiger partial charge on any atom is 0.243 e. The number of benzene rings is 2. The van der Waals surface area contributed by atoms with Crippen LogP contribution in [0.1, 0.15) is 42.1 Å². The number of hydrogen-bond donors (Lipinski definition) is 1. The Hall–Kier alpha value is -2.03. The number of sulfonamides is 1. The summed E-state index contributed by atoms with van der Waals surface area (Å²) in [6.45, 7) is 3.66. The van der Waals surface area contributed by atoms with Gasteiger partial charge >= 0.3 is 0 Å². The summed E-state index contributed by atoms with van der Waals surface area (Å²) in [7, 11) is -3.86. The maximum absolute atomic E-state index is 13.2. The van der Waals surface area contributed by atoms with E-state index < -0.39 is 16.1 Å². The number of nitrogens with one attached hydrogen (secondary N) is 1. The van der Waals surface area contributed by atoms with Crippen molar-refractivity contribution >= 4 is 43.3 Å². The molecule has 0 aliphatic carbocycles. The van der Waals surface area contributed by atoms with Gasteiger partial charge in [0.15, 0.2) is 5.78 Å². The Morgan fingerprint density at radius 2 is 1.79 bits per heavy atom. The lowest BCUT2D eigenvalue weighted by Gasteiger charge is -2.33. The molecule has 29 heavy (non-hydrogen) atoms. The molecule has 1 aliphatic heterocycles. The molecule has 8 heteroatoms. The largest absolute Gasteiger partial charge is 0.324 e. The lowest BCUT2D eigenvalue weighted by atomic mass is 10.0. The van der Waals surface area contributed by atoms with Crippen LogP contribution in [-0.2, 0) is 14.8 Å². The first-order valence-corrected chi connectivity index (χ1v) is 11.6. The molecular weight excluding hydrogens is 456 g/mol. The van der Waals surface area contributed by atoms with Gasteiger partial charge in [0.05, 0.1) is 10.6 Å². The Bertz CT molecular complexity index is 1040. The minimum absolute atomic E-state index is 0.0821. The number of rotatable bonds is 5. The van der Waals surface area contributed by atoms with Gasteiger partial charge in [-0.25, -0.2) is 8.42 Å². The molecule has 0 saturated carbocycles. The molecule has 2 aromatic carbocycles. The molecule has 1 unspecified atom stereocenters. The third kappa shape index (κ3) is 4.76. The van der Waals surface area contributed by atoms with Crippen LogP contribution >= 0.6 is 15.9 Å². The first kappa shape index (κ1) is 21.7. The normalized spacial score (nSPS) is 17.7. The third-order valence-electron chi connectivity index (χ3n) is 5.01. The Labute approximate surface area is 179 Å². The van der Waals surface area contributed by atoms with Crippen LogP contribution in [0.25, 0.3) is 0 Å². The second-order valence-electron chi connectivity index (χ2n) is 7.18. The first-order chi connectivity index (χ1) is 13.7. The molecule has 154 valence electrons. The van der Waals surface area contributed by atoms with Gasteiger partial charge in [0.25, 0.3) is 0 Å². The van der Waals surface area contributed by atoms with E-state index in [1.807, 2.05) is 19.1 Å². The van der Waals surface area contributed by atoms with E-state index in [4.69, 9.17) is 0 Å². The maximum atomic E-state index is 13.2. The quantitative estimate of drug-likeness (QED) is 0.654. The van der Waals surface area contributed by atoms with Gasteiger partial charge in [-0.1, -0.05) is 24.6 Å². The van der Waals surface area contributed by atoms with E-state index >= 15 is 0 Å². The third-order valence-corrected chi connectivity index (χ3v) is 7.58. The monoisotopic (exact) mass is 478 g/mol. The van der Waals surface area contributed by atoms with Crippen molar-refractivity contribution in [3.05, 3.63) is 58.1 Å². The van der Waals surface area contributed by atoms with Crippen LogP contribution in [0.4, 0.5) is 5.69 Å². The molecule has 1 atom stereocenters. The summed E-state index contributed by atoms with van der Waals surface area (Å²) in [6.07, 6.45) is 1.94. The van der Waals surface area contributed by atoms with E-state index in [1.54, 1.807) is 6.07 Å². The fourth-order valence-corrected chi connectivity index (χ4v) is 5.64. The van der Waals surface area contributed by atoms with Gasteiger partial charge in [0, 0.05) is 16.6 Å². The summed E-state index contributed by atoms with van der Waals surface area (Å²) in [5, 5.41) is 2.85. The number of amides is 1. The van der Waals surface area contributed by atoms with Crippen molar-refractivity contribution in [1.82, 2.24) is 4.31 Å². The number of nitrogens with zero attached hydrogens (tertiary/aromatic N) is 1. The van der Waals surface area contributed by atoms with Crippen LogP contribution in [-0.4, -0.2) is 37.0 Å². The number of aryl methyl sites for hydroxylation is 1. The number of Topliss-reactive ketones (excluding diaryl/α,β-unsaturated/α-hetero) is 1. The molecule has 0 bridgehead atoms. The van der Waals surface area contributed by atoms with Crippen LogP contribution < -0.4 is 5.32 Å². The van der Waals surface area contributed by atoms with Crippen molar-refractivity contribution in [1.29, 1.82) is 0 Å². The second-order valence-corrected chi connectivity index (χ2v) is 9.93. The molecule has 1 saturated heterocycles. The minimum atomic E-state index is -3.86. The summed E-state index contributed by atoms with van der Waals surface area (Å²) in [5.41, 5.74) is 2.10. The fraction of sp³-hybridized carbons (Fsp3) is 0.333. The molecule has 3 rings (SSSR count). The number of hydrogen-bond acceptors (Lipinski definition) is 4. The Balaban J connectivity index is 1.86. The zero-order chi connectivity index (χ0) is 21.2. The molecule has 2 aromatic rings.